The highest BCUT2D eigenvalue weighted by molar-refractivity contribution is 6.36. The van der Waals surface area contributed by atoms with Crippen molar-refractivity contribution in [3.63, 3.8) is 0 Å². The number of nitrogens with one attached hydrogen (secondary N) is 1. The highest BCUT2D eigenvalue weighted by atomic mass is 35.5. The maximum Gasteiger partial charge on any atom is 0.256 e. The molecule has 0 saturated carbocycles. The molecular weight excluding hydrogens is 462 g/mol. The van der Waals surface area contributed by atoms with Crippen molar-refractivity contribution in [1.82, 2.24) is 0 Å². The lowest BCUT2D eigenvalue weighted by atomic mass is 9.99. The molecule has 0 aliphatic carbocycles. The molecule has 1 aromatic heterocycles. The van der Waals surface area contributed by atoms with Crippen LogP contribution in [0.4, 0.5) is 5.69 Å². The number of anilines is 1. The fourth-order valence-corrected chi connectivity index (χ4v) is 4.30. The summed E-state index contributed by atoms with van der Waals surface area (Å²) in [6.07, 6.45) is 1.57. The summed E-state index contributed by atoms with van der Waals surface area (Å²) in [5.41, 5.74) is 4.02. The molecule has 0 saturated heterocycles. The van der Waals surface area contributed by atoms with Gasteiger partial charge < -0.3 is 14.8 Å². The zero-order valence-electron chi connectivity index (χ0n) is 18.7. The molecule has 1 amide bonds. The Morgan fingerprint density at radius 2 is 1.83 bits per heavy atom. The molecule has 6 heteroatoms. The van der Waals surface area contributed by atoms with Crippen LogP contribution >= 0.6 is 11.6 Å². The van der Waals surface area contributed by atoms with Gasteiger partial charge in [-0.25, -0.2) is 0 Å². The number of amides is 1. The molecule has 0 radical (unpaired) electrons. The van der Waals surface area contributed by atoms with Crippen molar-refractivity contribution in [1.29, 1.82) is 0 Å². The predicted molar refractivity (Wildman–Crippen MR) is 137 cm³/mol. The lowest BCUT2D eigenvalue weighted by Crippen LogP contribution is -2.04. The molecule has 1 aliphatic rings. The zero-order valence-corrected chi connectivity index (χ0v) is 19.5. The molecule has 5 rings (SSSR count). The fraction of sp³-hybridized carbons (Fsp3) is 0.103. The number of carbonyl (C=O) groups excluding carboxylic acids is 2. The third-order valence-electron chi connectivity index (χ3n) is 5.98. The fourth-order valence-electron chi connectivity index (χ4n) is 4.13. The minimum atomic E-state index is -0.684. The van der Waals surface area contributed by atoms with Crippen LogP contribution in [0.15, 0.2) is 89.3 Å². The Kier molecular flexibility index (Phi) is 6.36. The summed E-state index contributed by atoms with van der Waals surface area (Å²) in [5.74, 6) is 0.832. The molecule has 4 aromatic rings. The Hall–Kier alpha value is -3.93. The standard InChI is InChI=1S/C29H22ClNO4/c30-21-9-11-25-23(16-21)24(29(34)31-25)17-22-10-14-28(35-22)20-8-4-7-19(15-20)27(33)13-12-26(32)18-5-2-1-3-6-18/h1-11,14-17,26,32H,12-13H2,(H,31,34)/b24-17+. The van der Waals surface area contributed by atoms with E-state index in [2.05, 4.69) is 5.32 Å². The van der Waals surface area contributed by atoms with E-state index in [0.29, 0.717) is 39.8 Å². The van der Waals surface area contributed by atoms with E-state index in [1.807, 2.05) is 36.4 Å². The van der Waals surface area contributed by atoms with Crippen LogP contribution in [0.1, 0.15) is 46.2 Å². The van der Waals surface area contributed by atoms with Gasteiger partial charge in [0.25, 0.3) is 5.91 Å². The molecule has 35 heavy (non-hydrogen) atoms. The van der Waals surface area contributed by atoms with Crippen molar-refractivity contribution >= 4 is 40.6 Å². The van der Waals surface area contributed by atoms with Gasteiger partial charge in [-0.15, -0.1) is 0 Å². The molecule has 2 heterocycles. The summed E-state index contributed by atoms with van der Waals surface area (Å²) < 4.78 is 5.98. The van der Waals surface area contributed by atoms with Crippen LogP contribution in [0.2, 0.25) is 5.02 Å². The van der Waals surface area contributed by atoms with Gasteiger partial charge in [0, 0.05) is 33.8 Å². The van der Waals surface area contributed by atoms with E-state index < -0.39 is 6.10 Å². The molecule has 0 fully saturated rings. The number of hydrogen-bond donors (Lipinski definition) is 2. The first kappa shape index (κ1) is 22.8. The number of fused-ring (bicyclic) bond motifs is 1. The number of hydrogen-bond acceptors (Lipinski definition) is 4. The number of halogens is 1. The molecule has 0 spiro atoms. The number of furan rings is 1. The van der Waals surface area contributed by atoms with Crippen molar-refractivity contribution in [3.05, 3.63) is 112 Å². The number of ketones is 1. The van der Waals surface area contributed by atoms with Crippen molar-refractivity contribution < 1.29 is 19.1 Å². The molecule has 174 valence electrons. The topological polar surface area (TPSA) is 79.5 Å². The number of Topliss-reactive ketones (excluding diaryl/α,β-unsaturated/α-hetero) is 1. The molecule has 1 aliphatic heterocycles. The third-order valence-corrected chi connectivity index (χ3v) is 6.21. The van der Waals surface area contributed by atoms with Crippen LogP contribution in [0, 0.1) is 0 Å². The van der Waals surface area contributed by atoms with E-state index in [0.717, 1.165) is 16.7 Å². The van der Waals surface area contributed by atoms with Crippen LogP contribution < -0.4 is 5.32 Å². The normalized spacial score (nSPS) is 14.6. The Bertz CT molecular complexity index is 1440. The molecule has 1 atom stereocenters. The minimum absolute atomic E-state index is 0.0492. The van der Waals surface area contributed by atoms with Gasteiger partial charge in [0.05, 0.1) is 11.7 Å². The summed E-state index contributed by atoms with van der Waals surface area (Å²) in [5, 5.41) is 13.7. The predicted octanol–water partition coefficient (Wildman–Crippen LogP) is 6.79. The van der Waals surface area contributed by atoms with Crippen LogP contribution in [0.25, 0.3) is 23.0 Å². The quantitative estimate of drug-likeness (QED) is 0.224. The van der Waals surface area contributed by atoms with Crippen molar-refractivity contribution in [2.75, 3.05) is 5.32 Å². The maximum atomic E-state index is 12.8. The Morgan fingerprint density at radius 3 is 2.66 bits per heavy atom. The number of rotatable bonds is 7. The maximum absolute atomic E-state index is 12.8. The first-order valence-electron chi connectivity index (χ1n) is 11.3. The highest BCUT2D eigenvalue weighted by Gasteiger charge is 2.24. The van der Waals surface area contributed by atoms with Gasteiger partial charge in [-0.2, -0.15) is 0 Å². The van der Waals surface area contributed by atoms with Gasteiger partial charge in [0.15, 0.2) is 5.78 Å². The van der Waals surface area contributed by atoms with Crippen molar-refractivity contribution in [2.24, 2.45) is 0 Å². The van der Waals surface area contributed by atoms with Crippen LogP contribution in [0.5, 0.6) is 0 Å². The average molecular weight is 484 g/mol. The van der Waals surface area contributed by atoms with Crippen LogP contribution in [0.3, 0.4) is 0 Å². The summed E-state index contributed by atoms with van der Waals surface area (Å²) in [7, 11) is 0. The van der Waals surface area contributed by atoms with E-state index >= 15 is 0 Å². The van der Waals surface area contributed by atoms with Crippen molar-refractivity contribution in [3.8, 4) is 11.3 Å². The van der Waals surface area contributed by atoms with Crippen molar-refractivity contribution in [2.45, 2.75) is 18.9 Å². The van der Waals surface area contributed by atoms with E-state index in [1.54, 1.807) is 54.6 Å². The van der Waals surface area contributed by atoms with E-state index in [9.17, 15) is 14.7 Å². The summed E-state index contributed by atoms with van der Waals surface area (Å²) >= 11 is 6.10. The highest BCUT2D eigenvalue weighted by Crippen LogP contribution is 2.35. The lowest BCUT2D eigenvalue weighted by molar-refractivity contribution is -0.110. The Labute approximate surface area is 207 Å². The lowest BCUT2D eigenvalue weighted by Gasteiger charge is -2.10. The number of aliphatic hydroxyl groups is 1. The molecular formula is C29H22ClNO4. The van der Waals surface area contributed by atoms with Gasteiger partial charge >= 0.3 is 0 Å². The third kappa shape index (κ3) is 4.97. The number of carbonyl (C=O) groups is 2. The van der Waals surface area contributed by atoms with Gasteiger partial charge in [0.2, 0.25) is 0 Å². The largest absolute Gasteiger partial charge is 0.457 e. The molecule has 5 nitrogen and oxygen atoms in total. The first-order chi connectivity index (χ1) is 17.0. The van der Waals surface area contributed by atoms with Gasteiger partial charge in [-0.3, -0.25) is 9.59 Å². The number of benzene rings is 3. The smallest absolute Gasteiger partial charge is 0.256 e. The monoisotopic (exact) mass is 483 g/mol. The second-order valence-electron chi connectivity index (χ2n) is 8.37. The molecule has 0 bridgehead atoms. The van der Waals surface area contributed by atoms with Crippen LogP contribution in [-0.4, -0.2) is 16.8 Å². The second-order valence-corrected chi connectivity index (χ2v) is 8.81. The zero-order chi connectivity index (χ0) is 24.4. The summed E-state index contributed by atoms with van der Waals surface area (Å²) in [4.78, 5) is 25.2. The molecule has 3 aromatic carbocycles. The van der Waals surface area contributed by atoms with Gasteiger partial charge in [0.1, 0.15) is 11.5 Å². The first-order valence-corrected chi connectivity index (χ1v) is 11.7. The number of aliphatic hydroxyl groups excluding tert-OH is 1. The summed E-state index contributed by atoms with van der Waals surface area (Å²) in [6.45, 7) is 0. The summed E-state index contributed by atoms with van der Waals surface area (Å²) in [6, 6.07) is 25.4. The Balaban J connectivity index is 1.32. The van der Waals surface area contributed by atoms with Gasteiger partial charge in [-0.1, -0.05) is 60.1 Å². The molecule has 1 unspecified atom stereocenters. The SMILES string of the molecule is O=C1Nc2ccc(Cl)cc2/C1=C\c1ccc(-c2cccc(C(=O)CCC(O)c3ccccc3)c2)o1. The molecule has 2 N–H and O–H groups in total. The second kappa shape index (κ2) is 9.74. The Morgan fingerprint density at radius 1 is 1.00 bits per heavy atom. The van der Waals surface area contributed by atoms with E-state index in [-0.39, 0.29) is 18.1 Å². The van der Waals surface area contributed by atoms with E-state index in [1.165, 1.54) is 0 Å². The minimum Gasteiger partial charge on any atom is -0.457 e. The average Bonchev–Trinajstić information content (AvgIpc) is 3.47. The van der Waals surface area contributed by atoms with Crippen LogP contribution in [-0.2, 0) is 4.79 Å². The van der Waals surface area contributed by atoms with Gasteiger partial charge in [-0.05, 0) is 54.5 Å². The van der Waals surface area contributed by atoms with E-state index in [4.69, 9.17) is 16.0 Å².